The molecule has 0 spiro atoms. The fourth-order valence-corrected chi connectivity index (χ4v) is 2.19. The Morgan fingerprint density at radius 2 is 2.00 bits per heavy atom. The summed E-state index contributed by atoms with van der Waals surface area (Å²) < 4.78 is 4.90. The van der Waals surface area contributed by atoms with Gasteiger partial charge in [-0.25, -0.2) is 0 Å². The molecular weight excluding hydrogens is 228 g/mol. The van der Waals surface area contributed by atoms with Gasteiger partial charge < -0.3 is 15.0 Å². The lowest BCUT2D eigenvalue weighted by Crippen LogP contribution is -2.52. The SMILES string of the molecule is CCNC(C)(CCN(CC)C(C)CC)C(=O)OC. The lowest BCUT2D eigenvalue weighted by atomic mass is 9.97. The highest BCUT2D eigenvalue weighted by Gasteiger charge is 2.33. The lowest BCUT2D eigenvalue weighted by molar-refractivity contribution is -0.148. The summed E-state index contributed by atoms with van der Waals surface area (Å²) in [4.78, 5) is 14.3. The second-order valence-corrected chi connectivity index (χ2v) is 4.99. The van der Waals surface area contributed by atoms with Gasteiger partial charge in [0.2, 0.25) is 0 Å². The normalized spacial score (nSPS) is 16.4. The van der Waals surface area contributed by atoms with E-state index in [2.05, 4.69) is 31.0 Å². The number of methoxy groups -OCH3 is 1. The third kappa shape index (κ3) is 4.94. The first-order valence-electron chi connectivity index (χ1n) is 7.02. The number of likely N-dealkylation sites (N-methyl/N-ethyl adjacent to an activating group) is 1. The maximum absolute atomic E-state index is 11.9. The predicted octanol–water partition coefficient (Wildman–Crippen LogP) is 2.04. The molecule has 4 nitrogen and oxygen atoms in total. The fraction of sp³-hybridized carbons (Fsp3) is 0.929. The molecule has 18 heavy (non-hydrogen) atoms. The topological polar surface area (TPSA) is 41.6 Å². The van der Waals surface area contributed by atoms with Gasteiger partial charge in [-0.05, 0) is 39.8 Å². The lowest BCUT2D eigenvalue weighted by Gasteiger charge is -2.33. The molecule has 0 radical (unpaired) electrons. The number of hydrogen-bond acceptors (Lipinski definition) is 4. The highest BCUT2D eigenvalue weighted by Crippen LogP contribution is 2.14. The van der Waals surface area contributed by atoms with Gasteiger partial charge in [-0.15, -0.1) is 0 Å². The molecule has 2 unspecified atom stereocenters. The summed E-state index contributed by atoms with van der Waals surface area (Å²) in [5.74, 6) is -0.176. The molecule has 0 aromatic heterocycles. The van der Waals surface area contributed by atoms with Crippen LogP contribution in [-0.2, 0) is 9.53 Å². The van der Waals surface area contributed by atoms with Crippen molar-refractivity contribution in [2.75, 3.05) is 26.7 Å². The minimum absolute atomic E-state index is 0.176. The van der Waals surface area contributed by atoms with Crippen LogP contribution in [0.5, 0.6) is 0 Å². The first kappa shape index (κ1) is 17.4. The average molecular weight is 258 g/mol. The highest BCUT2D eigenvalue weighted by atomic mass is 16.5. The molecule has 0 aromatic rings. The number of nitrogens with zero attached hydrogens (tertiary/aromatic N) is 1. The largest absolute Gasteiger partial charge is 0.468 e. The quantitative estimate of drug-likeness (QED) is 0.643. The smallest absolute Gasteiger partial charge is 0.325 e. The van der Waals surface area contributed by atoms with Gasteiger partial charge in [0.15, 0.2) is 0 Å². The first-order chi connectivity index (χ1) is 8.45. The second-order valence-electron chi connectivity index (χ2n) is 4.99. The zero-order chi connectivity index (χ0) is 14.2. The van der Waals surface area contributed by atoms with Crippen LogP contribution in [0, 0.1) is 0 Å². The van der Waals surface area contributed by atoms with E-state index in [-0.39, 0.29) is 5.97 Å². The van der Waals surface area contributed by atoms with Gasteiger partial charge in [0.25, 0.3) is 0 Å². The summed E-state index contributed by atoms with van der Waals surface area (Å²) in [6, 6.07) is 0.554. The molecule has 0 amide bonds. The van der Waals surface area contributed by atoms with E-state index in [4.69, 9.17) is 4.74 Å². The van der Waals surface area contributed by atoms with Crippen molar-refractivity contribution in [3.05, 3.63) is 0 Å². The fourth-order valence-electron chi connectivity index (χ4n) is 2.19. The number of carbonyl (C=O) groups excluding carboxylic acids is 1. The van der Waals surface area contributed by atoms with Crippen molar-refractivity contribution in [1.82, 2.24) is 10.2 Å². The molecule has 0 aliphatic carbocycles. The maximum Gasteiger partial charge on any atom is 0.325 e. The summed E-state index contributed by atoms with van der Waals surface area (Å²) in [7, 11) is 1.45. The van der Waals surface area contributed by atoms with E-state index in [0.717, 1.165) is 32.5 Å². The molecular formula is C14H30N2O2. The summed E-state index contributed by atoms with van der Waals surface area (Å²) in [5, 5.41) is 3.24. The van der Waals surface area contributed by atoms with Gasteiger partial charge in [0, 0.05) is 12.6 Å². The molecule has 2 atom stereocenters. The standard InChI is InChI=1S/C14H30N2O2/c1-7-12(4)16(9-3)11-10-14(5,15-8-2)13(17)18-6/h12,15H,7-11H2,1-6H3. The van der Waals surface area contributed by atoms with Crippen LogP contribution < -0.4 is 5.32 Å². The molecule has 0 fully saturated rings. The molecule has 0 heterocycles. The van der Waals surface area contributed by atoms with E-state index in [0.29, 0.717) is 6.04 Å². The number of esters is 1. The second kappa shape index (κ2) is 8.48. The van der Waals surface area contributed by atoms with Crippen LogP contribution in [0.3, 0.4) is 0 Å². The molecule has 0 saturated heterocycles. The van der Waals surface area contributed by atoms with E-state index >= 15 is 0 Å². The Labute approximate surface area is 112 Å². The predicted molar refractivity (Wildman–Crippen MR) is 75.7 cm³/mol. The summed E-state index contributed by atoms with van der Waals surface area (Å²) in [5.41, 5.74) is -0.579. The van der Waals surface area contributed by atoms with E-state index < -0.39 is 5.54 Å². The third-order valence-electron chi connectivity index (χ3n) is 3.72. The van der Waals surface area contributed by atoms with Gasteiger partial charge in [-0.3, -0.25) is 4.79 Å². The molecule has 0 saturated carbocycles. The number of rotatable bonds is 9. The number of carbonyl (C=O) groups is 1. The van der Waals surface area contributed by atoms with Gasteiger partial charge >= 0.3 is 5.97 Å². The Morgan fingerprint density at radius 3 is 2.39 bits per heavy atom. The molecule has 0 bridgehead atoms. The third-order valence-corrected chi connectivity index (χ3v) is 3.72. The van der Waals surface area contributed by atoms with E-state index in [9.17, 15) is 4.79 Å². The Morgan fingerprint density at radius 1 is 1.39 bits per heavy atom. The summed E-state index contributed by atoms with van der Waals surface area (Å²) in [6.45, 7) is 13.2. The van der Waals surface area contributed by atoms with Gasteiger partial charge in [-0.2, -0.15) is 0 Å². The van der Waals surface area contributed by atoms with Crippen molar-refractivity contribution in [2.45, 2.75) is 59.0 Å². The number of hydrogen-bond donors (Lipinski definition) is 1. The first-order valence-corrected chi connectivity index (χ1v) is 7.02. The van der Waals surface area contributed by atoms with Gasteiger partial charge in [0.05, 0.1) is 7.11 Å². The van der Waals surface area contributed by atoms with E-state index in [1.807, 2.05) is 13.8 Å². The zero-order valence-corrected chi connectivity index (χ0v) is 12.9. The Bertz CT molecular complexity index is 246. The van der Waals surface area contributed by atoms with Crippen LogP contribution in [0.4, 0.5) is 0 Å². The number of ether oxygens (including phenoxy) is 1. The molecule has 4 heteroatoms. The molecule has 1 N–H and O–H groups in total. The van der Waals surface area contributed by atoms with Crippen LogP contribution in [0.2, 0.25) is 0 Å². The van der Waals surface area contributed by atoms with Crippen molar-refractivity contribution < 1.29 is 9.53 Å². The zero-order valence-electron chi connectivity index (χ0n) is 12.9. The van der Waals surface area contributed by atoms with Crippen LogP contribution in [0.1, 0.15) is 47.5 Å². The van der Waals surface area contributed by atoms with E-state index in [1.54, 1.807) is 0 Å². The van der Waals surface area contributed by atoms with Crippen molar-refractivity contribution in [2.24, 2.45) is 0 Å². The van der Waals surface area contributed by atoms with E-state index in [1.165, 1.54) is 7.11 Å². The summed E-state index contributed by atoms with van der Waals surface area (Å²) >= 11 is 0. The monoisotopic (exact) mass is 258 g/mol. The van der Waals surface area contributed by atoms with Crippen LogP contribution in [0.25, 0.3) is 0 Å². The van der Waals surface area contributed by atoms with Crippen LogP contribution >= 0.6 is 0 Å². The van der Waals surface area contributed by atoms with Gasteiger partial charge in [0.1, 0.15) is 5.54 Å². The average Bonchev–Trinajstić information content (AvgIpc) is 2.38. The minimum Gasteiger partial charge on any atom is -0.468 e. The molecule has 0 aromatic carbocycles. The van der Waals surface area contributed by atoms with Crippen LogP contribution in [-0.4, -0.2) is 49.2 Å². The molecule has 0 aliphatic rings. The van der Waals surface area contributed by atoms with Crippen molar-refractivity contribution in [3.8, 4) is 0 Å². The van der Waals surface area contributed by atoms with Gasteiger partial charge in [-0.1, -0.05) is 20.8 Å². The minimum atomic E-state index is -0.579. The van der Waals surface area contributed by atoms with Crippen LogP contribution in [0.15, 0.2) is 0 Å². The Balaban J connectivity index is 4.55. The molecule has 108 valence electrons. The maximum atomic E-state index is 11.9. The molecule has 0 aliphatic heterocycles. The summed E-state index contributed by atoms with van der Waals surface area (Å²) in [6.07, 6.45) is 1.90. The highest BCUT2D eigenvalue weighted by molar-refractivity contribution is 5.80. The van der Waals surface area contributed by atoms with Crippen molar-refractivity contribution in [1.29, 1.82) is 0 Å². The van der Waals surface area contributed by atoms with Crippen molar-refractivity contribution in [3.63, 3.8) is 0 Å². The Kier molecular flexibility index (Phi) is 8.20. The number of nitrogens with one attached hydrogen (secondary N) is 1. The Hall–Kier alpha value is -0.610. The molecule has 0 rings (SSSR count). The van der Waals surface area contributed by atoms with Crippen molar-refractivity contribution >= 4 is 5.97 Å².